The van der Waals surface area contributed by atoms with Crippen LogP contribution < -0.4 is 5.32 Å². The summed E-state index contributed by atoms with van der Waals surface area (Å²) in [5.74, 6) is 1.29. The highest BCUT2D eigenvalue weighted by atomic mass is 16.3. The quantitative estimate of drug-likeness (QED) is 0.795. The van der Waals surface area contributed by atoms with Crippen LogP contribution >= 0.6 is 0 Å². The molecule has 0 saturated carbocycles. The van der Waals surface area contributed by atoms with Gasteiger partial charge in [-0.15, -0.1) is 0 Å². The van der Waals surface area contributed by atoms with Gasteiger partial charge >= 0.3 is 0 Å². The summed E-state index contributed by atoms with van der Waals surface area (Å²) < 4.78 is 5.50. The van der Waals surface area contributed by atoms with Crippen molar-refractivity contribution in [2.45, 2.75) is 13.5 Å². The highest BCUT2D eigenvalue weighted by Crippen LogP contribution is 2.19. The fraction of sp³-hybridized carbons (Fsp3) is 0.118. The number of anilines is 1. The summed E-state index contributed by atoms with van der Waals surface area (Å²) >= 11 is 0. The van der Waals surface area contributed by atoms with Crippen LogP contribution in [-0.4, -0.2) is 9.97 Å². The molecular formula is C17H14N4O. The van der Waals surface area contributed by atoms with Gasteiger partial charge in [0.05, 0.1) is 17.8 Å². The predicted octanol–water partition coefficient (Wildman–Crippen LogP) is 3.53. The van der Waals surface area contributed by atoms with Gasteiger partial charge in [-0.25, -0.2) is 9.97 Å². The van der Waals surface area contributed by atoms with Crippen molar-refractivity contribution in [3.63, 3.8) is 0 Å². The molecule has 2 heterocycles. The standard InChI is InChI=1S/C17H14N4O/c1-12-2-5-14(6-3-12)17-21-15(11-22-17)10-20-16-7-4-13(8-18)9-19-16/h2-7,9,11H,10H2,1H3,(H,19,20). The minimum atomic E-state index is 0.508. The molecule has 0 unspecified atom stereocenters. The van der Waals surface area contributed by atoms with Crippen molar-refractivity contribution < 1.29 is 4.42 Å². The third kappa shape index (κ3) is 3.13. The molecule has 3 aromatic rings. The lowest BCUT2D eigenvalue weighted by molar-refractivity contribution is 0.573. The number of nitrogens with one attached hydrogen (secondary N) is 1. The Kier molecular flexibility index (Phi) is 3.84. The molecule has 2 aromatic heterocycles. The minimum absolute atomic E-state index is 0.508. The molecule has 22 heavy (non-hydrogen) atoms. The van der Waals surface area contributed by atoms with Crippen LogP contribution in [0.15, 0.2) is 53.3 Å². The zero-order valence-corrected chi connectivity index (χ0v) is 12.1. The van der Waals surface area contributed by atoms with Gasteiger partial charge in [0.25, 0.3) is 0 Å². The van der Waals surface area contributed by atoms with Crippen LogP contribution in [0, 0.1) is 18.3 Å². The summed E-state index contributed by atoms with van der Waals surface area (Å²) in [5.41, 5.74) is 3.48. The van der Waals surface area contributed by atoms with E-state index in [-0.39, 0.29) is 0 Å². The van der Waals surface area contributed by atoms with Crippen LogP contribution in [-0.2, 0) is 6.54 Å². The largest absolute Gasteiger partial charge is 0.444 e. The Labute approximate surface area is 128 Å². The van der Waals surface area contributed by atoms with Gasteiger partial charge in [0.1, 0.15) is 18.2 Å². The van der Waals surface area contributed by atoms with Gasteiger partial charge < -0.3 is 9.73 Å². The Morgan fingerprint density at radius 2 is 2.00 bits per heavy atom. The molecule has 0 amide bonds. The van der Waals surface area contributed by atoms with E-state index in [0.717, 1.165) is 11.3 Å². The lowest BCUT2D eigenvalue weighted by atomic mass is 10.1. The van der Waals surface area contributed by atoms with Gasteiger partial charge in [-0.2, -0.15) is 5.26 Å². The van der Waals surface area contributed by atoms with Crippen molar-refractivity contribution in [3.8, 4) is 17.5 Å². The first-order chi connectivity index (χ1) is 10.7. The Hall–Kier alpha value is -3.13. The number of rotatable bonds is 4. The average Bonchev–Trinajstić information content (AvgIpc) is 3.03. The second kappa shape index (κ2) is 6.10. The number of nitriles is 1. The molecule has 0 bridgehead atoms. The molecule has 0 radical (unpaired) electrons. The van der Waals surface area contributed by atoms with Crippen molar-refractivity contribution in [3.05, 3.63) is 65.7 Å². The van der Waals surface area contributed by atoms with E-state index >= 15 is 0 Å². The summed E-state index contributed by atoms with van der Waals surface area (Å²) in [4.78, 5) is 8.60. The maximum atomic E-state index is 8.73. The Bertz CT molecular complexity index is 798. The third-order valence-corrected chi connectivity index (χ3v) is 3.19. The van der Waals surface area contributed by atoms with Crippen LogP contribution in [0.4, 0.5) is 5.82 Å². The van der Waals surface area contributed by atoms with E-state index in [4.69, 9.17) is 9.68 Å². The number of oxazole rings is 1. The van der Waals surface area contributed by atoms with Crippen LogP contribution in [0.5, 0.6) is 0 Å². The molecule has 5 nitrogen and oxygen atoms in total. The van der Waals surface area contributed by atoms with E-state index in [1.54, 1.807) is 18.4 Å². The van der Waals surface area contributed by atoms with Gasteiger partial charge in [0.15, 0.2) is 0 Å². The van der Waals surface area contributed by atoms with Gasteiger partial charge in [0, 0.05) is 11.8 Å². The molecule has 108 valence electrons. The second-order valence-corrected chi connectivity index (χ2v) is 4.91. The number of aromatic nitrogens is 2. The number of nitrogens with zero attached hydrogens (tertiary/aromatic N) is 3. The Morgan fingerprint density at radius 3 is 2.68 bits per heavy atom. The fourth-order valence-corrected chi connectivity index (χ4v) is 1.96. The zero-order chi connectivity index (χ0) is 15.4. The lowest BCUT2D eigenvalue weighted by Crippen LogP contribution is -2.01. The van der Waals surface area contributed by atoms with Crippen molar-refractivity contribution in [2.75, 3.05) is 5.32 Å². The monoisotopic (exact) mass is 290 g/mol. The van der Waals surface area contributed by atoms with Crippen molar-refractivity contribution in [2.24, 2.45) is 0 Å². The zero-order valence-electron chi connectivity index (χ0n) is 12.1. The van der Waals surface area contributed by atoms with Crippen molar-refractivity contribution in [1.29, 1.82) is 5.26 Å². The SMILES string of the molecule is Cc1ccc(-c2nc(CNc3ccc(C#N)cn3)co2)cc1. The van der Waals surface area contributed by atoms with E-state index in [1.165, 1.54) is 11.8 Å². The van der Waals surface area contributed by atoms with E-state index in [2.05, 4.69) is 15.3 Å². The highest BCUT2D eigenvalue weighted by molar-refractivity contribution is 5.53. The topological polar surface area (TPSA) is 74.7 Å². The first-order valence-corrected chi connectivity index (χ1v) is 6.86. The summed E-state index contributed by atoms with van der Waals surface area (Å²) in [5, 5.41) is 11.9. The van der Waals surface area contributed by atoms with Crippen LogP contribution in [0.1, 0.15) is 16.8 Å². The van der Waals surface area contributed by atoms with Crippen LogP contribution in [0.2, 0.25) is 0 Å². The molecule has 3 rings (SSSR count). The maximum Gasteiger partial charge on any atom is 0.226 e. The number of hydrogen-bond acceptors (Lipinski definition) is 5. The van der Waals surface area contributed by atoms with Gasteiger partial charge in [-0.1, -0.05) is 17.7 Å². The second-order valence-electron chi connectivity index (χ2n) is 4.91. The van der Waals surface area contributed by atoms with Gasteiger partial charge in [0.2, 0.25) is 5.89 Å². The molecule has 0 spiro atoms. The van der Waals surface area contributed by atoms with E-state index in [9.17, 15) is 0 Å². The van der Waals surface area contributed by atoms with Gasteiger partial charge in [-0.05, 0) is 31.2 Å². The summed E-state index contributed by atoms with van der Waals surface area (Å²) in [6.07, 6.45) is 3.16. The highest BCUT2D eigenvalue weighted by Gasteiger charge is 2.06. The normalized spacial score (nSPS) is 10.2. The average molecular weight is 290 g/mol. The molecule has 1 N–H and O–H groups in total. The lowest BCUT2D eigenvalue weighted by Gasteiger charge is -2.02. The number of pyridine rings is 1. The number of benzene rings is 1. The van der Waals surface area contributed by atoms with Crippen LogP contribution in [0.3, 0.4) is 0 Å². The summed E-state index contributed by atoms with van der Waals surface area (Å²) in [6.45, 7) is 2.55. The first-order valence-electron chi connectivity index (χ1n) is 6.86. The molecule has 0 fully saturated rings. The molecule has 1 aromatic carbocycles. The molecule has 0 aliphatic rings. The molecule has 0 saturated heterocycles. The maximum absolute atomic E-state index is 8.73. The summed E-state index contributed by atoms with van der Waals surface area (Å²) in [6, 6.07) is 13.5. The fourth-order valence-electron chi connectivity index (χ4n) is 1.96. The van der Waals surface area contributed by atoms with E-state index in [0.29, 0.717) is 23.8 Å². The molecular weight excluding hydrogens is 276 g/mol. The predicted molar refractivity (Wildman–Crippen MR) is 83.0 cm³/mol. The van der Waals surface area contributed by atoms with E-state index in [1.807, 2.05) is 37.3 Å². The Morgan fingerprint density at radius 1 is 1.18 bits per heavy atom. The number of hydrogen-bond donors (Lipinski definition) is 1. The van der Waals surface area contributed by atoms with E-state index < -0.39 is 0 Å². The third-order valence-electron chi connectivity index (χ3n) is 3.19. The summed E-state index contributed by atoms with van der Waals surface area (Å²) in [7, 11) is 0. The smallest absolute Gasteiger partial charge is 0.226 e. The number of aryl methyl sites for hydroxylation is 1. The first kappa shape index (κ1) is 13.8. The van der Waals surface area contributed by atoms with Gasteiger partial charge in [-0.3, -0.25) is 0 Å². The van der Waals surface area contributed by atoms with Crippen LogP contribution in [0.25, 0.3) is 11.5 Å². The van der Waals surface area contributed by atoms with Crippen molar-refractivity contribution in [1.82, 2.24) is 9.97 Å². The van der Waals surface area contributed by atoms with Crippen molar-refractivity contribution >= 4 is 5.82 Å². The molecule has 0 aliphatic carbocycles. The molecule has 0 atom stereocenters. The minimum Gasteiger partial charge on any atom is -0.444 e. The molecule has 5 heteroatoms. The Balaban J connectivity index is 1.66. The molecule has 0 aliphatic heterocycles.